The van der Waals surface area contributed by atoms with E-state index >= 15 is 0 Å². The molecule has 0 amide bonds. The first-order valence-electron chi connectivity index (χ1n) is 9.39. The van der Waals surface area contributed by atoms with Crippen molar-refractivity contribution in [2.75, 3.05) is 52.3 Å². The number of anilines is 1. The number of guanidine groups is 1. The lowest BCUT2D eigenvalue weighted by atomic mass is 9.67. The van der Waals surface area contributed by atoms with Crippen molar-refractivity contribution in [1.82, 2.24) is 10.6 Å². The predicted molar refractivity (Wildman–Crippen MR) is 122 cm³/mol. The molecule has 1 aliphatic rings. The zero-order valence-corrected chi connectivity index (χ0v) is 18.8. The number of halogens is 1. The van der Waals surface area contributed by atoms with Crippen LogP contribution < -0.4 is 15.5 Å². The van der Waals surface area contributed by atoms with Crippen LogP contribution in [0.5, 0.6) is 0 Å². The van der Waals surface area contributed by atoms with Crippen LogP contribution in [0.15, 0.2) is 35.3 Å². The van der Waals surface area contributed by atoms with E-state index in [0.717, 1.165) is 45.0 Å². The van der Waals surface area contributed by atoms with E-state index in [-0.39, 0.29) is 24.0 Å². The van der Waals surface area contributed by atoms with Crippen LogP contribution in [0.3, 0.4) is 0 Å². The fourth-order valence-corrected chi connectivity index (χ4v) is 3.34. The zero-order valence-electron chi connectivity index (χ0n) is 16.5. The molecule has 2 rings (SSSR count). The van der Waals surface area contributed by atoms with Crippen LogP contribution in [-0.2, 0) is 4.74 Å². The number of aliphatic imine (C=N–C) groups is 1. The van der Waals surface area contributed by atoms with E-state index in [1.807, 2.05) is 7.05 Å². The fraction of sp³-hybridized carbons (Fsp3) is 0.650. The van der Waals surface area contributed by atoms with E-state index in [4.69, 9.17) is 4.74 Å². The topological polar surface area (TPSA) is 48.9 Å². The van der Waals surface area contributed by atoms with Gasteiger partial charge in [-0.05, 0) is 43.2 Å². The lowest BCUT2D eigenvalue weighted by Gasteiger charge is -2.42. The third kappa shape index (κ3) is 7.31. The van der Waals surface area contributed by atoms with Gasteiger partial charge in [0.2, 0.25) is 0 Å². The Hall–Kier alpha value is -1.02. The summed E-state index contributed by atoms with van der Waals surface area (Å²) < 4.78 is 5.27. The summed E-state index contributed by atoms with van der Waals surface area (Å²) in [7, 11) is 5.76. The molecule has 0 aliphatic heterocycles. The Morgan fingerprint density at radius 2 is 1.96 bits per heavy atom. The molecule has 1 aliphatic carbocycles. The van der Waals surface area contributed by atoms with Gasteiger partial charge in [0.25, 0.3) is 0 Å². The van der Waals surface area contributed by atoms with E-state index in [1.165, 1.54) is 24.9 Å². The first-order valence-corrected chi connectivity index (χ1v) is 9.39. The molecule has 0 spiro atoms. The second kappa shape index (κ2) is 12.4. The lowest BCUT2D eigenvalue weighted by Crippen LogP contribution is -2.47. The molecule has 0 heterocycles. The fourth-order valence-electron chi connectivity index (χ4n) is 3.34. The number of hydrogen-bond acceptors (Lipinski definition) is 3. The number of hydrogen-bond donors (Lipinski definition) is 2. The second-order valence-electron chi connectivity index (χ2n) is 7.06. The predicted octanol–water partition coefficient (Wildman–Crippen LogP) is 3.50. The Bertz CT molecular complexity index is 520. The third-order valence-corrected chi connectivity index (χ3v) is 5.26. The Kier molecular flexibility index (Phi) is 11.0. The van der Waals surface area contributed by atoms with Crippen molar-refractivity contribution in [3.8, 4) is 0 Å². The normalized spacial score (nSPS) is 15.6. The largest absolute Gasteiger partial charge is 0.385 e. The van der Waals surface area contributed by atoms with Crippen LogP contribution in [0.25, 0.3) is 0 Å². The Morgan fingerprint density at radius 1 is 1.23 bits per heavy atom. The highest BCUT2D eigenvalue weighted by atomic mass is 127. The Labute approximate surface area is 176 Å². The molecule has 6 heteroatoms. The molecule has 0 atom stereocenters. The van der Waals surface area contributed by atoms with Crippen LogP contribution in [0.4, 0.5) is 5.69 Å². The number of methoxy groups -OCH3 is 1. The van der Waals surface area contributed by atoms with Crippen molar-refractivity contribution in [2.24, 2.45) is 10.4 Å². The molecule has 26 heavy (non-hydrogen) atoms. The molecule has 1 fully saturated rings. The molecule has 0 aromatic heterocycles. The summed E-state index contributed by atoms with van der Waals surface area (Å²) in [5.41, 5.74) is 1.66. The van der Waals surface area contributed by atoms with Crippen molar-refractivity contribution in [3.05, 3.63) is 30.3 Å². The summed E-state index contributed by atoms with van der Waals surface area (Å²) in [6.07, 6.45) is 6.13. The summed E-state index contributed by atoms with van der Waals surface area (Å²) in [5, 5.41) is 6.94. The van der Waals surface area contributed by atoms with Gasteiger partial charge < -0.3 is 20.3 Å². The van der Waals surface area contributed by atoms with E-state index < -0.39 is 0 Å². The number of rotatable bonds is 10. The molecule has 1 aromatic carbocycles. The summed E-state index contributed by atoms with van der Waals surface area (Å²) in [6.45, 7) is 3.77. The standard InChI is InChI=1S/C20H34N4O.HI/c1-21-19(23-17-20(11-7-12-20)13-16-25-3)22-14-8-15-24(2)18-9-5-4-6-10-18;/h4-6,9-10H,7-8,11-17H2,1-3H3,(H2,21,22,23);1H. The van der Waals surface area contributed by atoms with Gasteiger partial charge in [-0.15, -0.1) is 24.0 Å². The number of para-hydroxylation sites is 1. The summed E-state index contributed by atoms with van der Waals surface area (Å²) in [4.78, 5) is 6.64. The van der Waals surface area contributed by atoms with Crippen LogP contribution >= 0.6 is 24.0 Å². The average Bonchev–Trinajstić information content (AvgIpc) is 2.62. The summed E-state index contributed by atoms with van der Waals surface area (Å²) in [6, 6.07) is 10.5. The Balaban J connectivity index is 0.00000338. The average molecular weight is 474 g/mol. The number of nitrogens with zero attached hydrogens (tertiary/aromatic N) is 2. The van der Waals surface area contributed by atoms with Crippen LogP contribution in [0.2, 0.25) is 0 Å². The van der Waals surface area contributed by atoms with Crippen molar-refractivity contribution >= 4 is 35.6 Å². The molecule has 2 N–H and O–H groups in total. The molecule has 5 nitrogen and oxygen atoms in total. The number of ether oxygens (including phenoxy) is 1. The number of benzene rings is 1. The molecule has 0 bridgehead atoms. The van der Waals surface area contributed by atoms with Crippen molar-refractivity contribution < 1.29 is 4.74 Å². The minimum absolute atomic E-state index is 0. The van der Waals surface area contributed by atoms with E-state index in [2.05, 4.69) is 57.9 Å². The van der Waals surface area contributed by atoms with Crippen molar-refractivity contribution in [3.63, 3.8) is 0 Å². The van der Waals surface area contributed by atoms with Gasteiger partial charge >= 0.3 is 0 Å². The van der Waals surface area contributed by atoms with Gasteiger partial charge in [0, 0.05) is 53.1 Å². The third-order valence-electron chi connectivity index (χ3n) is 5.26. The molecule has 0 saturated heterocycles. The lowest BCUT2D eigenvalue weighted by molar-refractivity contribution is 0.0732. The minimum Gasteiger partial charge on any atom is -0.385 e. The summed E-state index contributed by atoms with van der Waals surface area (Å²) >= 11 is 0. The van der Waals surface area contributed by atoms with Crippen molar-refractivity contribution in [1.29, 1.82) is 0 Å². The van der Waals surface area contributed by atoms with E-state index in [0.29, 0.717) is 5.41 Å². The number of nitrogens with one attached hydrogen (secondary N) is 2. The van der Waals surface area contributed by atoms with Crippen LogP contribution in [0, 0.1) is 5.41 Å². The highest BCUT2D eigenvalue weighted by molar-refractivity contribution is 14.0. The van der Waals surface area contributed by atoms with Crippen molar-refractivity contribution in [2.45, 2.75) is 32.1 Å². The molecule has 0 radical (unpaired) electrons. The van der Waals surface area contributed by atoms with E-state index in [9.17, 15) is 0 Å². The van der Waals surface area contributed by atoms with Gasteiger partial charge in [0.1, 0.15) is 0 Å². The SMILES string of the molecule is CN=C(NCCCN(C)c1ccccc1)NCC1(CCOC)CCC1.I. The van der Waals surface area contributed by atoms with Gasteiger partial charge in [-0.3, -0.25) is 4.99 Å². The van der Waals surface area contributed by atoms with E-state index in [1.54, 1.807) is 7.11 Å². The van der Waals surface area contributed by atoms with Crippen LogP contribution in [0.1, 0.15) is 32.1 Å². The van der Waals surface area contributed by atoms with Gasteiger partial charge in [-0.1, -0.05) is 24.6 Å². The molecular weight excluding hydrogens is 439 g/mol. The van der Waals surface area contributed by atoms with Gasteiger partial charge in [-0.2, -0.15) is 0 Å². The smallest absolute Gasteiger partial charge is 0.190 e. The second-order valence-corrected chi connectivity index (χ2v) is 7.06. The molecule has 1 aromatic rings. The first kappa shape index (κ1) is 23.0. The summed E-state index contributed by atoms with van der Waals surface area (Å²) in [5.74, 6) is 0.908. The van der Waals surface area contributed by atoms with Gasteiger partial charge in [0.15, 0.2) is 5.96 Å². The maximum Gasteiger partial charge on any atom is 0.190 e. The molecule has 148 valence electrons. The maximum atomic E-state index is 5.27. The zero-order chi connectivity index (χ0) is 18.0. The highest BCUT2D eigenvalue weighted by Gasteiger charge is 2.36. The quantitative estimate of drug-likeness (QED) is 0.236. The molecule has 0 unspecified atom stereocenters. The van der Waals surface area contributed by atoms with Gasteiger partial charge in [-0.25, -0.2) is 0 Å². The molecular formula is C20H35IN4O. The minimum atomic E-state index is 0. The first-order chi connectivity index (χ1) is 12.2. The monoisotopic (exact) mass is 474 g/mol. The maximum absolute atomic E-state index is 5.27. The van der Waals surface area contributed by atoms with Crippen LogP contribution in [-0.4, -0.2) is 53.4 Å². The highest BCUT2D eigenvalue weighted by Crippen LogP contribution is 2.43. The van der Waals surface area contributed by atoms with Gasteiger partial charge in [0.05, 0.1) is 0 Å². The Morgan fingerprint density at radius 3 is 2.54 bits per heavy atom. The molecule has 1 saturated carbocycles.